The quantitative estimate of drug-likeness (QED) is 0.831. The largest absolute Gasteiger partial charge is 0.496 e. The van der Waals surface area contributed by atoms with E-state index in [1.54, 1.807) is 7.11 Å². The van der Waals surface area contributed by atoms with Crippen LogP contribution in [0.1, 0.15) is 47.1 Å². The lowest BCUT2D eigenvalue weighted by molar-refractivity contribution is 0.212. The SMILES string of the molecule is COc1ccc(Cl)cc1CC(CNC(C)(C)C)C(C)(C)C. The van der Waals surface area contributed by atoms with Gasteiger partial charge in [-0.25, -0.2) is 0 Å². The fourth-order valence-electron chi connectivity index (χ4n) is 2.29. The summed E-state index contributed by atoms with van der Waals surface area (Å²) in [6.07, 6.45) is 0.955. The van der Waals surface area contributed by atoms with Gasteiger partial charge in [0.1, 0.15) is 5.75 Å². The predicted molar refractivity (Wildman–Crippen MR) is 92.4 cm³/mol. The lowest BCUT2D eigenvalue weighted by atomic mass is 9.76. The number of ether oxygens (including phenoxy) is 1. The van der Waals surface area contributed by atoms with E-state index < -0.39 is 0 Å². The molecule has 0 aromatic heterocycles. The van der Waals surface area contributed by atoms with Crippen molar-refractivity contribution in [1.29, 1.82) is 0 Å². The van der Waals surface area contributed by atoms with E-state index in [9.17, 15) is 0 Å². The summed E-state index contributed by atoms with van der Waals surface area (Å²) in [5, 5.41) is 4.39. The third-order valence-corrected chi connectivity index (χ3v) is 4.05. The lowest BCUT2D eigenvalue weighted by Gasteiger charge is -2.34. The molecule has 3 heteroatoms. The van der Waals surface area contributed by atoms with Crippen LogP contribution >= 0.6 is 11.6 Å². The molecule has 0 amide bonds. The maximum Gasteiger partial charge on any atom is 0.122 e. The van der Waals surface area contributed by atoms with Gasteiger partial charge < -0.3 is 10.1 Å². The third kappa shape index (κ3) is 6.27. The van der Waals surface area contributed by atoms with Gasteiger partial charge in [0.05, 0.1) is 7.11 Å². The minimum atomic E-state index is 0.127. The molecule has 120 valence electrons. The molecule has 0 aliphatic rings. The second-order valence-electron chi connectivity index (χ2n) is 7.85. The molecule has 0 spiro atoms. The van der Waals surface area contributed by atoms with Gasteiger partial charge in [-0.1, -0.05) is 32.4 Å². The van der Waals surface area contributed by atoms with Crippen LogP contribution in [0.5, 0.6) is 5.75 Å². The van der Waals surface area contributed by atoms with Crippen molar-refractivity contribution in [2.75, 3.05) is 13.7 Å². The van der Waals surface area contributed by atoms with Crippen LogP contribution in [-0.4, -0.2) is 19.2 Å². The minimum absolute atomic E-state index is 0.127. The van der Waals surface area contributed by atoms with Crippen LogP contribution in [0.2, 0.25) is 5.02 Å². The van der Waals surface area contributed by atoms with Crippen molar-refractivity contribution < 1.29 is 4.74 Å². The van der Waals surface area contributed by atoms with Crippen LogP contribution in [-0.2, 0) is 6.42 Å². The molecule has 0 aliphatic carbocycles. The molecule has 0 saturated carbocycles. The Bertz CT molecular complexity index is 457. The topological polar surface area (TPSA) is 21.3 Å². The van der Waals surface area contributed by atoms with E-state index in [0.29, 0.717) is 5.92 Å². The van der Waals surface area contributed by atoms with Crippen molar-refractivity contribution in [3.8, 4) is 5.75 Å². The summed E-state index contributed by atoms with van der Waals surface area (Å²) >= 11 is 6.15. The average molecular weight is 312 g/mol. The Balaban J connectivity index is 2.94. The first-order valence-electron chi connectivity index (χ1n) is 7.60. The summed E-state index contributed by atoms with van der Waals surface area (Å²) in [5.41, 5.74) is 1.52. The number of methoxy groups -OCH3 is 1. The van der Waals surface area contributed by atoms with Gasteiger partial charge in [-0.15, -0.1) is 0 Å². The highest BCUT2D eigenvalue weighted by Crippen LogP contribution is 2.33. The van der Waals surface area contributed by atoms with Crippen LogP contribution < -0.4 is 10.1 Å². The zero-order valence-corrected chi connectivity index (χ0v) is 15.3. The van der Waals surface area contributed by atoms with Crippen LogP contribution in [0, 0.1) is 11.3 Å². The number of hydrogen-bond acceptors (Lipinski definition) is 2. The molecule has 1 N–H and O–H groups in total. The summed E-state index contributed by atoms with van der Waals surface area (Å²) in [6.45, 7) is 14.5. The molecule has 1 rings (SSSR count). The number of halogens is 1. The van der Waals surface area contributed by atoms with Gasteiger partial charge in [-0.3, -0.25) is 0 Å². The van der Waals surface area contributed by atoms with E-state index in [1.165, 1.54) is 5.56 Å². The highest BCUT2D eigenvalue weighted by molar-refractivity contribution is 6.30. The molecule has 1 unspecified atom stereocenters. The second kappa shape index (κ2) is 7.02. The Hall–Kier alpha value is -0.730. The van der Waals surface area contributed by atoms with Crippen molar-refractivity contribution in [2.45, 2.75) is 53.5 Å². The summed E-state index contributed by atoms with van der Waals surface area (Å²) in [4.78, 5) is 0. The van der Waals surface area contributed by atoms with Gasteiger partial charge in [-0.05, 0) is 68.8 Å². The molecule has 2 nitrogen and oxygen atoms in total. The monoisotopic (exact) mass is 311 g/mol. The first-order valence-corrected chi connectivity index (χ1v) is 7.98. The normalized spacial score (nSPS) is 14.1. The first kappa shape index (κ1) is 18.3. The van der Waals surface area contributed by atoms with Crippen LogP contribution in [0.4, 0.5) is 0 Å². The van der Waals surface area contributed by atoms with E-state index in [1.807, 2.05) is 18.2 Å². The summed E-state index contributed by atoms with van der Waals surface area (Å²) in [7, 11) is 1.71. The van der Waals surface area contributed by atoms with E-state index in [2.05, 4.69) is 46.9 Å². The van der Waals surface area contributed by atoms with Gasteiger partial charge in [0, 0.05) is 10.6 Å². The molecule has 0 radical (unpaired) electrons. The average Bonchev–Trinajstić information content (AvgIpc) is 2.32. The summed E-state index contributed by atoms with van der Waals surface area (Å²) in [6, 6.07) is 5.86. The first-order chi connectivity index (χ1) is 9.53. The highest BCUT2D eigenvalue weighted by Gasteiger charge is 2.27. The molecular weight excluding hydrogens is 282 g/mol. The molecule has 0 aliphatic heterocycles. The fraction of sp³-hybridized carbons (Fsp3) is 0.667. The molecule has 0 heterocycles. The van der Waals surface area contributed by atoms with Gasteiger partial charge >= 0.3 is 0 Å². The maximum absolute atomic E-state index is 6.15. The molecule has 21 heavy (non-hydrogen) atoms. The van der Waals surface area contributed by atoms with E-state index >= 15 is 0 Å². The van der Waals surface area contributed by atoms with Crippen molar-refractivity contribution in [3.63, 3.8) is 0 Å². The Kier molecular flexibility index (Phi) is 6.12. The Morgan fingerprint density at radius 2 is 1.76 bits per heavy atom. The van der Waals surface area contributed by atoms with Gasteiger partial charge in [0.15, 0.2) is 0 Å². The van der Waals surface area contributed by atoms with E-state index in [4.69, 9.17) is 16.3 Å². The molecular formula is C18H30ClNO. The Labute approximate surface area is 135 Å². The van der Waals surface area contributed by atoms with Gasteiger partial charge in [-0.2, -0.15) is 0 Å². The summed E-state index contributed by atoms with van der Waals surface area (Å²) < 4.78 is 5.48. The van der Waals surface area contributed by atoms with Gasteiger partial charge in [0.2, 0.25) is 0 Å². The predicted octanol–water partition coefficient (Wildman–Crippen LogP) is 4.94. The zero-order chi connectivity index (χ0) is 16.3. The summed E-state index contributed by atoms with van der Waals surface area (Å²) in [5.74, 6) is 1.42. The third-order valence-electron chi connectivity index (χ3n) is 3.81. The number of benzene rings is 1. The maximum atomic E-state index is 6.15. The van der Waals surface area contributed by atoms with Crippen molar-refractivity contribution in [1.82, 2.24) is 5.32 Å². The molecule has 1 aromatic carbocycles. The minimum Gasteiger partial charge on any atom is -0.496 e. The molecule has 1 atom stereocenters. The molecule has 0 saturated heterocycles. The number of rotatable bonds is 5. The number of nitrogens with one attached hydrogen (secondary N) is 1. The van der Waals surface area contributed by atoms with Crippen LogP contribution in [0.15, 0.2) is 18.2 Å². The second-order valence-corrected chi connectivity index (χ2v) is 8.29. The Morgan fingerprint density at radius 1 is 1.14 bits per heavy atom. The molecule has 0 fully saturated rings. The fourth-order valence-corrected chi connectivity index (χ4v) is 2.48. The smallest absolute Gasteiger partial charge is 0.122 e. The number of hydrogen-bond donors (Lipinski definition) is 1. The van der Waals surface area contributed by atoms with Crippen LogP contribution in [0.3, 0.4) is 0 Å². The zero-order valence-electron chi connectivity index (χ0n) is 14.5. The van der Waals surface area contributed by atoms with E-state index in [0.717, 1.165) is 23.7 Å². The standard InChI is InChI=1S/C18H30ClNO/c1-17(2,3)14(12-20-18(4,5)6)10-13-11-15(19)8-9-16(13)21-7/h8-9,11,14,20H,10,12H2,1-7H3. The van der Waals surface area contributed by atoms with Crippen molar-refractivity contribution in [2.24, 2.45) is 11.3 Å². The van der Waals surface area contributed by atoms with Crippen molar-refractivity contribution >= 4 is 11.6 Å². The van der Waals surface area contributed by atoms with E-state index in [-0.39, 0.29) is 11.0 Å². The molecule has 1 aromatic rings. The van der Waals surface area contributed by atoms with Gasteiger partial charge in [0.25, 0.3) is 0 Å². The van der Waals surface area contributed by atoms with Crippen molar-refractivity contribution in [3.05, 3.63) is 28.8 Å². The highest BCUT2D eigenvalue weighted by atomic mass is 35.5. The molecule has 0 bridgehead atoms. The lowest BCUT2D eigenvalue weighted by Crippen LogP contribution is -2.42. The van der Waals surface area contributed by atoms with Crippen LogP contribution in [0.25, 0.3) is 0 Å². The Morgan fingerprint density at radius 3 is 2.24 bits per heavy atom.